The van der Waals surface area contributed by atoms with Crippen molar-refractivity contribution < 1.29 is 9.53 Å². The smallest absolute Gasteiger partial charge is 0.192 e. The van der Waals surface area contributed by atoms with Gasteiger partial charge in [-0.3, -0.25) is 9.36 Å². The van der Waals surface area contributed by atoms with Crippen LogP contribution in [0.2, 0.25) is 5.02 Å². The van der Waals surface area contributed by atoms with Gasteiger partial charge in [0, 0.05) is 17.1 Å². The Labute approximate surface area is 179 Å². The van der Waals surface area contributed by atoms with Crippen molar-refractivity contribution in [3.63, 3.8) is 0 Å². The fourth-order valence-electron chi connectivity index (χ4n) is 2.77. The lowest BCUT2D eigenvalue weighted by atomic mass is 10.0. The van der Waals surface area contributed by atoms with Crippen molar-refractivity contribution in [1.29, 1.82) is 0 Å². The number of hydrogen-bond acceptors (Lipinski definition) is 5. The molecule has 0 saturated carbocycles. The molecule has 0 radical (unpaired) electrons. The zero-order valence-electron chi connectivity index (χ0n) is 16.4. The number of rotatable bonds is 9. The van der Waals surface area contributed by atoms with Crippen LogP contribution in [-0.2, 0) is 13.2 Å². The number of carbonyl (C=O) groups excluding carboxylic acids is 1. The van der Waals surface area contributed by atoms with Crippen molar-refractivity contribution in [3.8, 4) is 5.75 Å². The average Bonchev–Trinajstić information content (AvgIpc) is 3.09. The first-order valence-corrected chi connectivity index (χ1v) is 10.5. The Bertz CT molecular complexity index is 1020. The molecule has 29 heavy (non-hydrogen) atoms. The highest BCUT2D eigenvalue weighted by atomic mass is 35.5. The van der Waals surface area contributed by atoms with Crippen LogP contribution in [0.15, 0.2) is 60.3 Å². The number of allylic oxidation sites excluding steroid dienone is 1. The van der Waals surface area contributed by atoms with Crippen LogP contribution in [0.3, 0.4) is 0 Å². The monoisotopic (exact) mass is 427 g/mol. The quantitative estimate of drug-likeness (QED) is 0.264. The Balaban J connectivity index is 1.69. The topological polar surface area (TPSA) is 57.0 Å². The molecule has 0 fully saturated rings. The van der Waals surface area contributed by atoms with E-state index in [0.29, 0.717) is 28.3 Å². The van der Waals surface area contributed by atoms with Crippen molar-refractivity contribution in [1.82, 2.24) is 14.8 Å². The first-order valence-electron chi connectivity index (χ1n) is 9.12. The minimum Gasteiger partial charge on any atom is -0.486 e. The van der Waals surface area contributed by atoms with E-state index in [9.17, 15) is 4.79 Å². The molecule has 150 valence electrons. The number of halogens is 1. The molecule has 0 aliphatic carbocycles. The molecule has 0 aliphatic rings. The van der Waals surface area contributed by atoms with Crippen LogP contribution in [0.1, 0.15) is 27.3 Å². The largest absolute Gasteiger partial charge is 0.486 e. The average molecular weight is 428 g/mol. The summed E-state index contributed by atoms with van der Waals surface area (Å²) in [5.74, 6) is 1.73. The van der Waals surface area contributed by atoms with Gasteiger partial charge in [-0.1, -0.05) is 47.1 Å². The van der Waals surface area contributed by atoms with Crippen molar-refractivity contribution in [3.05, 3.63) is 82.7 Å². The van der Waals surface area contributed by atoms with Crippen molar-refractivity contribution in [2.24, 2.45) is 0 Å². The normalized spacial score (nSPS) is 10.7. The minimum atomic E-state index is 0.0725. The fraction of sp³-hybridized carbons (Fsp3) is 0.227. The van der Waals surface area contributed by atoms with Crippen LogP contribution in [-0.4, -0.2) is 26.3 Å². The molecule has 0 atom stereocenters. The molecule has 0 N–H and O–H groups in total. The first-order chi connectivity index (χ1) is 14.0. The van der Waals surface area contributed by atoms with E-state index in [-0.39, 0.29) is 18.1 Å². The van der Waals surface area contributed by atoms with Crippen LogP contribution >= 0.6 is 23.4 Å². The Kier molecular flexibility index (Phi) is 7.12. The highest BCUT2D eigenvalue weighted by molar-refractivity contribution is 7.99. The molecule has 0 unspecified atom stereocenters. The Morgan fingerprint density at radius 1 is 1.21 bits per heavy atom. The number of ether oxygens (including phenoxy) is 1. The number of hydrogen-bond donors (Lipinski definition) is 0. The summed E-state index contributed by atoms with van der Waals surface area (Å²) in [6.07, 6.45) is 1.77. The number of thioether (sulfide) groups is 1. The van der Waals surface area contributed by atoms with Gasteiger partial charge < -0.3 is 4.74 Å². The molecule has 2 aromatic carbocycles. The number of aryl methyl sites for hydroxylation is 2. The Morgan fingerprint density at radius 2 is 1.97 bits per heavy atom. The van der Waals surface area contributed by atoms with Gasteiger partial charge in [0.15, 0.2) is 16.8 Å². The number of Topliss-reactive ketones (excluding diaryl/α,β-unsaturated/α-hetero) is 1. The summed E-state index contributed by atoms with van der Waals surface area (Å²) in [7, 11) is 0. The molecular weight excluding hydrogens is 406 g/mol. The summed E-state index contributed by atoms with van der Waals surface area (Å²) < 4.78 is 7.69. The molecule has 5 nitrogen and oxygen atoms in total. The molecule has 0 saturated heterocycles. The molecule has 0 bridgehead atoms. The second-order valence-electron chi connectivity index (χ2n) is 6.57. The lowest BCUT2D eigenvalue weighted by Gasteiger charge is -2.10. The highest BCUT2D eigenvalue weighted by Crippen LogP contribution is 2.22. The van der Waals surface area contributed by atoms with E-state index in [1.165, 1.54) is 11.8 Å². The van der Waals surface area contributed by atoms with Gasteiger partial charge in [-0.15, -0.1) is 16.8 Å². The van der Waals surface area contributed by atoms with E-state index >= 15 is 0 Å². The Morgan fingerprint density at radius 3 is 2.69 bits per heavy atom. The third kappa shape index (κ3) is 5.49. The van der Waals surface area contributed by atoms with E-state index in [2.05, 4.69) is 16.8 Å². The lowest BCUT2D eigenvalue weighted by molar-refractivity contribution is 0.102. The van der Waals surface area contributed by atoms with Crippen LogP contribution in [0.5, 0.6) is 5.75 Å². The van der Waals surface area contributed by atoms with Gasteiger partial charge in [0.1, 0.15) is 12.4 Å². The maximum Gasteiger partial charge on any atom is 0.192 e. The molecule has 0 aliphatic heterocycles. The number of aromatic nitrogens is 3. The summed E-state index contributed by atoms with van der Waals surface area (Å²) in [4.78, 5) is 12.7. The van der Waals surface area contributed by atoms with Gasteiger partial charge in [0.2, 0.25) is 0 Å². The number of benzene rings is 2. The number of carbonyl (C=O) groups is 1. The van der Waals surface area contributed by atoms with Gasteiger partial charge in [-0.2, -0.15) is 0 Å². The zero-order chi connectivity index (χ0) is 20.8. The summed E-state index contributed by atoms with van der Waals surface area (Å²) in [5.41, 5.74) is 2.80. The molecule has 3 rings (SSSR count). The molecular formula is C22H22ClN3O2S. The third-order valence-corrected chi connectivity index (χ3v) is 5.53. The molecule has 3 aromatic rings. The van der Waals surface area contributed by atoms with E-state index < -0.39 is 0 Å². The highest BCUT2D eigenvalue weighted by Gasteiger charge is 2.16. The van der Waals surface area contributed by atoms with E-state index in [4.69, 9.17) is 16.3 Å². The second-order valence-corrected chi connectivity index (χ2v) is 7.95. The van der Waals surface area contributed by atoms with E-state index in [1.54, 1.807) is 30.3 Å². The van der Waals surface area contributed by atoms with Gasteiger partial charge in [-0.25, -0.2) is 0 Å². The van der Waals surface area contributed by atoms with Crippen molar-refractivity contribution in [2.45, 2.75) is 32.2 Å². The molecule has 7 heteroatoms. The molecule has 1 aromatic heterocycles. The van der Waals surface area contributed by atoms with Crippen molar-refractivity contribution >= 4 is 29.1 Å². The van der Waals surface area contributed by atoms with Gasteiger partial charge >= 0.3 is 0 Å². The van der Waals surface area contributed by atoms with Crippen LogP contribution in [0, 0.1) is 13.8 Å². The van der Waals surface area contributed by atoms with Crippen LogP contribution in [0.25, 0.3) is 0 Å². The van der Waals surface area contributed by atoms with Gasteiger partial charge in [0.05, 0.1) is 5.75 Å². The summed E-state index contributed by atoms with van der Waals surface area (Å²) in [6, 6.07) is 13.0. The Hall–Kier alpha value is -2.57. The molecule has 0 spiro atoms. The van der Waals surface area contributed by atoms with Gasteiger partial charge in [-0.05, 0) is 49.7 Å². The molecule has 1 heterocycles. The summed E-state index contributed by atoms with van der Waals surface area (Å²) in [6.45, 7) is 8.53. The maximum absolute atomic E-state index is 12.7. The SMILES string of the molecule is C=CCn1c(COc2ccc(Cl)cc2)nnc1SCC(=O)c1cc(C)ccc1C. The molecule has 0 amide bonds. The lowest BCUT2D eigenvalue weighted by Crippen LogP contribution is -2.09. The van der Waals surface area contributed by atoms with E-state index in [0.717, 1.165) is 16.7 Å². The zero-order valence-corrected chi connectivity index (χ0v) is 18.0. The predicted octanol–water partition coefficient (Wildman–Crippen LogP) is 5.29. The van der Waals surface area contributed by atoms with E-state index in [1.807, 2.05) is 36.6 Å². The van der Waals surface area contributed by atoms with Crippen molar-refractivity contribution in [2.75, 3.05) is 5.75 Å². The predicted molar refractivity (Wildman–Crippen MR) is 117 cm³/mol. The summed E-state index contributed by atoms with van der Waals surface area (Å²) in [5, 5.41) is 9.79. The minimum absolute atomic E-state index is 0.0725. The third-order valence-electron chi connectivity index (χ3n) is 4.31. The number of nitrogens with zero attached hydrogens (tertiary/aromatic N) is 3. The fourth-order valence-corrected chi connectivity index (χ4v) is 3.74. The van der Waals surface area contributed by atoms with Crippen LogP contribution in [0.4, 0.5) is 0 Å². The summed E-state index contributed by atoms with van der Waals surface area (Å²) >= 11 is 7.27. The second kappa shape index (κ2) is 9.76. The maximum atomic E-state index is 12.7. The number of ketones is 1. The van der Waals surface area contributed by atoms with Crippen LogP contribution < -0.4 is 4.74 Å². The first kappa shape index (κ1) is 21.1. The standard InChI is InChI=1S/C22H22ClN3O2S/c1-4-11-26-21(13-28-18-9-7-17(23)8-10-18)24-25-22(26)29-14-20(27)19-12-15(2)5-6-16(19)3/h4-10,12H,1,11,13-14H2,2-3H3. The van der Waals surface area contributed by atoms with Gasteiger partial charge in [0.25, 0.3) is 0 Å².